The van der Waals surface area contributed by atoms with Crippen molar-refractivity contribution in [2.75, 3.05) is 0 Å². The Morgan fingerprint density at radius 2 is 1.12 bits per heavy atom. The van der Waals surface area contributed by atoms with E-state index in [0.717, 1.165) is 16.7 Å². The molecular weight excluding hydrogens is 418 g/mol. The summed E-state index contributed by atoms with van der Waals surface area (Å²) in [6.07, 6.45) is -0.254. The molecule has 170 valence electrons. The molecule has 0 aliphatic rings. The van der Waals surface area contributed by atoms with Gasteiger partial charge in [-0.15, -0.1) is 0 Å². The predicted molar refractivity (Wildman–Crippen MR) is 125 cm³/mol. The van der Waals surface area contributed by atoms with Crippen LogP contribution in [0.1, 0.15) is 16.7 Å². The number of ether oxygens (including phenoxy) is 1. The number of hydrogen-bond donors (Lipinski definition) is 3. The number of primary amides is 1. The first-order valence-corrected chi connectivity index (χ1v) is 10.7. The van der Waals surface area contributed by atoms with E-state index in [1.54, 1.807) is 0 Å². The topological polar surface area (TPSA) is 111 Å². The smallest absolute Gasteiger partial charge is 0.408 e. The second kappa shape index (κ2) is 12.0. The first-order valence-electron chi connectivity index (χ1n) is 10.7. The minimum absolute atomic E-state index is 0.0737. The van der Waals surface area contributed by atoms with Crippen LogP contribution in [0.5, 0.6) is 0 Å². The van der Waals surface area contributed by atoms with Crippen LogP contribution in [0.2, 0.25) is 0 Å². The summed E-state index contributed by atoms with van der Waals surface area (Å²) in [4.78, 5) is 37.5. The van der Waals surface area contributed by atoms with Crippen molar-refractivity contribution in [3.63, 3.8) is 0 Å². The third-order valence-corrected chi connectivity index (χ3v) is 5.05. The maximum Gasteiger partial charge on any atom is 0.408 e. The van der Waals surface area contributed by atoms with Gasteiger partial charge in [-0.25, -0.2) is 4.79 Å². The lowest BCUT2D eigenvalue weighted by Crippen LogP contribution is -2.54. The second-order valence-corrected chi connectivity index (χ2v) is 7.60. The van der Waals surface area contributed by atoms with Crippen molar-refractivity contribution < 1.29 is 19.1 Å². The van der Waals surface area contributed by atoms with E-state index in [1.165, 1.54) is 0 Å². The molecule has 0 fully saturated rings. The molecule has 33 heavy (non-hydrogen) atoms. The summed E-state index contributed by atoms with van der Waals surface area (Å²) in [6, 6.07) is 25.9. The summed E-state index contributed by atoms with van der Waals surface area (Å²) in [5, 5.41) is 5.30. The highest BCUT2D eigenvalue weighted by Crippen LogP contribution is 2.08. The Labute approximate surface area is 193 Å². The molecule has 0 saturated heterocycles. The fourth-order valence-electron chi connectivity index (χ4n) is 3.31. The number of alkyl carbamates (subject to hydrolysis) is 1. The number of carbonyl (C=O) groups is 3. The fourth-order valence-corrected chi connectivity index (χ4v) is 3.31. The van der Waals surface area contributed by atoms with Crippen LogP contribution >= 0.6 is 0 Å². The summed E-state index contributed by atoms with van der Waals surface area (Å²) in [5.74, 6) is -1.17. The molecule has 3 amide bonds. The minimum Gasteiger partial charge on any atom is -0.445 e. The van der Waals surface area contributed by atoms with E-state index in [-0.39, 0.29) is 19.4 Å². The largest absolute Gasteiger partial charge is 0.445 e. The van der Waals surface area contributed by atoms with Gasteiger partial charge in [0.15, 0.2) is 0 Å². The van der Waals surface area contributed by atoms with Gasteiger partial charge in [0.05, 0.1) is 0 Å². The summed E-state index contributed by atoms with van der Waals surface area (Å²) < 4.78 is 5.27. The molecule has 3 aromatic carbocycles. The zero-order chi connectivity index (χ0) is 23.5. The van der Waals surface area contributed by atoms with Gasteiger partial charge in [0.25, 0.3) is 0 Å². The van der Waals surface area contributed by atoms with Crippen LogP contribution in [0, 0.1) is 0 Å². The standard InChI is InChI=1S/C26H27N3O4/c27-24(30)22(16-19-10-4-1-5-11-19)28-25(31)23(17-20-12-6-2-7-13-20)29-26(32)33-18-21-14-8-3-9-15-21/h1-15,22-23H,16-18H2,(H2,27,30)(H,28,31)(H,29,32)/t22-,23+/m0/s1. The number of amides is 3. The maximum absolute atomic E-state index is 13.1. The number of benzene rings is 3. The van der Waals surface area contributed by atoms with Crippen molar-refractivity contribution in [1.82, 2.24) is 10.6 Å². The Morgan fingerprint density at radius 3 is 1.61 bits per heavy atom. The Kier molecular flexibility index (Phi) is 8.59. The van der Waals surface area contributed by atoms with Gasteiger partial charge in [-0.3, -0.25) is 9.59 Å². The maximum atomic E-state index is 13.1. The van der Waals surface area contributed by atoms with Gasteiger partial charge in [-0.2, -0.15) is 0 Å². The Morgan fingerprint density at radius 1 is 0.667 bits per heavy atom. The SMILES string of the molecule is NC(=O)[C@H](Cc1ccccc1)NC(=O)[C@@H](Cc1ccccc1)NC(=O)OCc1ccccc1. The lowest BCUT2D eigenvalue weighted by molar-refractivity contribution is -0.128. The highest BCUT2D eigenvalue weighted by atomic mass is 16.5. The quantitative estimate of drug-likeness (QED) is 0.446. The molecular formula is C26H27N3O4. The summed E-state index contributed by atoms with van der Waals surface area (Å²) in [5.41, 5.74) is 8.07. The number of hydrogen-bond acceptors (Lipinski definition) is 4. The zero-order valence-corrected chi connectivity index (χ0v) is 18.1. The molecule has 7 heteroatoms. The average Bonchev–Trinajstić information content (AvgIpc) is 2.84. The number of rotatable bonds is 10. The second-order valence-electron chi connectivity index (χ2n) is 7.60. The lowest BCUT2D eigenvalue weighted by atomic mass is 10.0. The first kappa shape index (κ1) is 23.5. The number of carbonyl (C=O) groups excluding carboxylic acids is 3. The van der Waals surface area contributed by atoms with Crippen molar-refractivity contribution in [3.05, 3.63) is 108 Å². The molecule has 0 spiro atoms. The van der Waals surface area contributed by atoms with E-state index in [9.17, 15) is 14.4 Å². The Hall–Kier alpha value is -4.13. The number of nitrogens with one attached hydrogen (secondary N) is 2. The predicted octanol–water partition coefficient (Wildman–Crippen LogP) is 2.74. The van der Waals surface area contributed by atoms with Crippen molar-refractivity contribution in [2.24, 2.45) is 5.73 Å². The molecule has 0 heterocycles. The normalized spacial score (nSPS) is 12.2. The van der Waals surface area contributed by atoms with Crippen molar-refractivity contribution in [2.45, 2.75) is 31.5 Å². The van der Waals surface area contributed by atoms with E-state index in [4.69, 9.17) is 10.5 Å². The zero-order valence-electron chi connectivity index (χ0n) is 18.1. The molecule has 0 saturated carbocycles. The molecule has 0 radical (unpaired) electrons. The van der Waals surface area contributed by atoms with Crippen molar-refractivity contribution in [3.8, 4) is 0 Å². The van der Waals surface area contributed by atoms with Gasteiger partial charge in [-0.1, -0.05) is 91.0 Å². The van der Waals surface area contributed by atoms with E-state index in [0.29, 0.717) is 0 Å². The molecule has 0 aliphatic carbocycles. The van der Waals surface area contributed by atoms with Crippen LogP contribution < -0.4 is 16.4 Å². The van der Waals surface area contributed by atoms with E-state index in [1.807, 2.05) is 91.0 Å². The first-order chi connectivity index (χ1) is 16.0. The molecule has 0 aliphatic heterocycles. The van der Waals surface area contributed by atoms with Gasteiger partial charge >= 0.3 is 6.09 Å². The fraction of sp³-hybridized carbons (Fsp3) is 0.192. The molecule has 0 aromatic heterocycles. The van der Waals surface area contributed by atoms with Crippen LogP contribution in [0.25, 0.3) is 0 Å². The van der Waals surface area contributed by atoms with Crippen LogP contribution in [0.4, 0.5) is 4.79 Å². The van der Waals surface area contributed by atoms with Crippen LogP contribution in [0.3, 0.4) is 0 Å². The summed E-state index contributed by atoms with van der Waals surface area (Å²) in [7, 11) is 0. The molecule has 4 N–H and O–H groups in total. The van der Waals surface area contributed by atoms with Crippen molar-refractivity contribution >= 4 is 17.9 Å². The molecule has 7 nitrogen and oxygen atoms in total. The Bertz CT molecular complexity index is 1040. The molecule has 0 bridgehead atoms. The van der Waals surface area contributed by atoms with Crippen LogP contribution in [0.15, 0.2) is 91.0 Å². The third kappa shape index (κ3) is 7.81. The summed E-state index contributed by atoms with van der Waals surface area (Å²) >= 11 is 0. The van der Waals surface area contributed by atoms with E-state index in [2.05, 4.69) is 10.6 Å². The van der Waals surface area contributed by atoms with Gasteiger partial charge in [0.2, 0.25) is 11.8 Å². The summed E-state index contributed by atoms with van der Waals surface area (Å²) in [6.45, 7) is 0.0737. The molecule has 3 rings (SSSR count). The van der Waals surface area contributed by atoms with Gasteiger partial charge in [-0.05, 0) is 16.7 Å². The third-order valence-electron chi connectivity index (χ3n) is 5.05. The van der Waals surface area contributed by atoms with Crippen molar-refractivity contribution in [1.29, 1.82) is 0 Å². The van der Waals surface area contributed by atoms with E-state index >= 15 is 0 Å². The highest BCUT2D eigenvalue weighted by molar-refractivity contribution is 5.91. The highest BCUT2D eigenvalue weighted by Gasteiger charge is 2.26. The van der Waals surface area contributed by atoms with Gasteiger partial charge in [0, 0.05) is 12.8 Å². The monoisotopic (exact) mass is 445 g/mol. The lowest BCUT2D eigenvalue weighted by Gasteiger charge is -2.22. The van der Waals surface area contributed by atoms with Crippen LogP contribution in [-0.2, 0) is 33.8 Å². The van der Waals surface area contributed by atoms with Gasteiger partial charge in [0.1, 0.15) is 18.7 Å². The van der Waals surface area contributed by atoms with E-state index < -0.39 is 30.0 Å². The number of nitrogens with two attached hydrogens (primary N) is 1. The van der Waals surface area contributed by atoms with Crippen LogP contribution in [-0.4, -0.2) is 30.0 Å². The molecule has 2 atom stereocenters. The van der Waals surface area contributed by atoms with Gasteiger partial charge < -0.3 is 21.1 Å². The Balaban J connectivity index is 1.68. The average molecular weight is 446 g/mol. The molecule has 0 unspecified atom stereocenters. The molecule has 3 aromatic rings. The minimum atomic E-state index is -0.951.